The number of likely N-dealkylation sites (tertiary alicyclic amines) is 1. The van der Waals surface area contributed by atoms with E-state index in [1.165, 1.54) is 18.2 Å². The summed E-state index contributed by atoms with van der Waals surface area (Å²) in [6.45, 7) is 4.11. The lowest BCUT2D eigenvalue weighted by atomic mass is 9.94. The molecule has 1 aliphatic rings. The number of rotatable bonds is 2. The molecule has 2 atom stereocenters. The molecule has 0 bridgehead atoms. The Bertz CT molecular complexity index is 481. The molecule has 0 saturated carbocycles. The van der Waals surface area contributed by atoms with Gasteiger partial charge in [-0.15, -0.1) is 0 Å². The summed E-state index contributed by atoms with van der Waals surface area (Å²) in [5.41, 5.74) is 0.479. The van der Waals surface area contributed by atoms with Crippen molar-refractivity contribution in [2.24, 2.45) is 5.92 Å². The minimum absolute atomic E-state index is 0.145. The summed E-state index contributed by atoms with van der Waals surface area (Å²) >= 11 is 3.23. The van der Waals surface area contributed by atoms with Gasteiger partial charge in [0.25, 0.3) is 5.91 Å². The van der Waals surface area contributed by atoms with Crippen LogP contribution >= 0.6 is 15.9 Å². The largest absolute Gasteiger partial charge is 0.349 e. The van der Waals surface area contributed by atoms with E-state index < -0.39 is 0 Å². The topological polar surface area (TPSA) is 32.3 Å². The van der Waals surface area contributed by atoms with Gasteiger partial charge in [0.05, 0.1) is 5.56 Å². The van der Waals surface area contributed by atoms with Crippen LogP contribution in [0.25, 0.3) is 0 Å². The molecule has 0 radical (unpaired) electrons. The van der Waals surface area contributed by atoms with Crippen molar-refractivity contribution in [2.75, 3.05) is 20.1 Å². The van der Waals surface area contributed by atoms with E-state index in [0.29, 0.717) is 16.0 Å². The number of carbonyl (C=O) groups excluding carboxylic acids is 1. The van der Waals surface area contributed by atoms with Crippen molar-refractivity contribution in [3.05, 3.63) is 34.1 Å². The minimum atomic E-state index is -0.351. The van der Waals surface area contributed by atoms with Crippen LogP contribution in [0.5, 0.6) is 0 Å². The summed E-state index contributed by atoms with van der Waals surface area (Å²) in [4.78, 5) is 14.5. The van der Waals surface area contributed by atoms with Gasteiger partial charge < -0.3 is 10.2 Å². The van der Waals surface area contributed by atoms with Gasteiger partial charge in [0, 0.05) is 17.1 Å². The lowest BCUT2D eigenvalue weighted by Crippen LogP contribution is -2.48. The number of carbonyl (C=O) groups is 1. The van der Waals surface area contributed by atoms with E-state index in [4.69, 9.17) is 0 Å². The summed E-state index contributed by atoms with van der Waals surface area (Å²) < 4.78 is 13.5. The Morgan fingerprint density at radius 1 is 1.53 bits per heavy atom. The second-order valence-corrected chi connectivity index (χ2v) is 6.09. The van der Waals surface area contributed by atoms with E-state index in [9.17, 15) is 9.18 Å². The van der Waals surface area contributed by atoms with Gasteiger partial charge in [-0.25, -0.2) is 4.39 Å². The van der Waals surface area contributed by atoms with Crippen LogP contribution in [-0.4, -0.2) is 37.0 Å². The van der Waals surface area contributed by atoms with Gasteiger partial charge in [0.15, 0.2) is 0 Å². The van der Waals surface area contributed by atoms with E-state index >= 15 is 0 Å². The van der Waals surface area contributed by atoms with Crippen molar-refractivity contribution in [3.63, 3.8) is 0 Å². The molecule has 1 aliphatic heterocycles. The first-order valence-electron chi connectivity index (χ1n) is 6.42. The fourth-order valence-electron chi connectivity index (χ4n) is 2.49. The van der Waals surface area contributed by atoms with E-state index in [2.05, 4.69) is 40.1 Å². The van der Waals surface area contributed by atoms with Crippen molar-refractivity contribution in [1.29, 1.82) is 0 Å². The molecule has 1 amide bonds. The molecule has 0 spiro atoms. The first kappa shape index (κ1) is 14.5. The van der Waals surface area contributed by atoms with Crippen LogP contribution in [0, 0.1) is 11.7 Å². The smallest absolute Gasteiger partial charge is 0.252 e. The Hall–Kier alpha value is -0.940. The number of hydrogen-bond acceptors (Lipinski definition) is 2. The Morgan fingerprint density at radius 3 is 2.89 bits per heavy atom. The molecule has 1 saturated heterocycles. The zero-order valence-electron chi connectivity index (χ0n) is 11.1. The number of benzene rings is 1. The molecule has 0 aliphatic carbocycles. The van der Waals surface area contributed by atoms with Crippen molar-refractivity contribution < 1.29 is 9.18 Å². The molecule has 2 unspecified atom stereocenters. The van der Waals surface area contributed by atoms with Gasteiger partial charge in [0.1, 0.15) is 5.82 Å². The number of piperidine rings is 1. The quantitative estimate of drug-likeness (QED) is 0.905. The number of nitrogens with one attached hydrogen (secondary N) is 1. The molecule has 5 heteroatoms. The highest BCUT2D eigenvalue weighted by Crippen LogP contribution is 2.20. The van der Waals surface area contributed by atoms with Crippen molar-refractivity contribution in [1.82, 2.24) is 10.2 Å². The number of amides is 1. The Morgan fingerprint density at radius 2 is 2.26 bits per heavy atom. The Balaban J connectivity index is 2.04. The summed E-state index contributed by atoms with van der Waals surface area (Å²) in [7, 11) is 2.09. The summed E-state index contributed by atoms with van der Waals surface area (Å²) in [6, 6.07) is 4.31. The van der Waals surface area contributed by atoms with Crippen LogP contribution < -0.4 is 5.32 Å². The SMILES string of the molecule is CC1CN(C)CCC1NC(=O)c1ccc(F)cc1Br. The Kier molecular flexibility index (Phi) is 4.58. The average Bonchev–Trinajstić information content (AvgIpc) is 2.32. The molecule has 0 aromatic heterocycles. The number of hydrogen-bond donors (Lipinski definition) is 1. The first-order chi connectivity index (χ1) is 8.97. The second kappa shape index (κ2) is 6.01. The van der Waals surface area contributed by atoms with E-state index in [0.717, 1.165) is 19.5 Å². The molecule has 2 rings (SSSR count). The summed E-state index contributed by atoms with van der Waals surface area (Å²) in [5.74, 6) is -0.0775. The van der Waals surface area contributed by atoms with Crippen LogP contribution in [0.3, 0.4) is 0 Å². The third-order valence-corrected chi connectivity index (χ3v) is 4.26. The van der Waals surface area contributed by atoms with Crippen LogP contribution in [-0.2, 0) is 0 Å². The van der Waals surface area contributed by atoms with Crippen molar-refractivity contribution >= 4 is 21.8 Å². The maximum Gasteiger partial charge on any atom is 0.252 e. The summed E-state index contributed by atoms with van der Waals surface area (Å²) in [5, 5.41) is 3.05. The zero-order chi connectivity index (χ0) is 14.0. The standard InChI is InChI=1S/C14H18BrFN2O/c1-9-8-18(2)6-5-13(9)17-14(19)11-4-3-10(16)7-12(11)15/h3-4,7,9,13H,5-6,8H2,1-2H3,(H,17,19). The lowest BCUT2D eigenvalue weighted by Gasteiger charge is -2.35. The van der Waals surface area contributed by atoms with Crippen molar-refractivity contribution in [2.45, 2.75) is 19.4 Å². The molecular weight excluding hydrogens is 311 g/mol. The third kappa shape index (κ3) is 3.54. The molecule has 19 heavy (non-hydrogen) atoms. The van der Waals surface area contributed by atoms with Crippen LogP contribution in [0.1, 0.15) is 23.7 Å². The van der Waals surface area contributed by atoms with Crippen molar-refractivity contribution in [3.8, 4) is 0 Å². The number of nitrogens with zero attached hydrogens (tertiary/aromatic N) is 1. The van der Waals surface area contributed by atoms with E-state index in [1.807, 2.05) is 0 Å². The lowest BCUT2D eigenvalue weighted by molar-refractivity contribution is 0.0883. The molecule has 1 N–H and O–H groups in total. The molecular formula is C14H18BrFN2O. The monoisotopic (exact) mass is 328 g/mol. The fourth-order valence-corrected chi connectivity index (χ4v) is 3.02. The Labute approximate surface area is 121 Å². The van der Waals surface area contributed by atoms with Crippen LogP contribution in [0.4, 0.5) is 4.39 Å². The van der Waals surface area contributed by atoms with Gasteiger partial charge in [0.2, 0.25) is 0 Å². The fraction of sp³-hybridized carbons (Fsp3) is 0.500. The molecule has 1 aromatic carbocycles. The molecule has 1 fully saturated rings. The van der Waals surface area contributed by atoms with Gasteiger partial charge in [-0.2, -0.15) is 0 Å². The summed E-state index contributed by atoms with van der Waals surface area (Å²) in [6.07, 6.45) is 0.947. The average molecular weight is 329 g/mol. The third-order valence-electron chi connectivity index (χ3n) is 3.60. The molecule has 3 nitrogen and oxygen atoms in total. The maximum atomic E-state index is 13.0. The van der Waals surface area contributed by atoms with Gasteiger partial charge in [-0.1, -0.05) is 6.92 Å². The number of halogens is 2. The predicted octanol–water partition coefficient (Wildman–Crippen LogP) is 2.66. The van der Waals surface area contributed by atoms with Gasteiger partial charge in [-0.05, 0) is 60.1 Å². The molecule has 1 heterocycles. The highest BCUT2D eigenvalue weighted by molar-refractivity contribution is 9.10. The highest BCUT2D eigenvalue weighted by atomic mass is 79.9. The van der Waals surface area contributed by atoms with Crippen LogP contribution in [0.15, 0.2) is 22.7 Å². The van der Waals surface area contributed by atoms with Gasteiger partial charge in [-0.3, -0.25) is 4.79 Å². The normalized spacial score (nSPS) is 24.2. The molecule has 104 valence electrons. The van der Waals surface area contributed by atoms with Crippen LogP contribution in [0.2, 0.25) is 0 Å². The van der Waals surface area contributed by atoms with E-state index in [1.54, 1.807) is 0 Å². The minimum Gasteiger partial charge on any atom is -0.349 e. The highest BCUT2D eigenvalue weighted by Gasteiger charge is 2.26. The second-order valence-electron chi connectivity index (χ2n) is 5.23. The predicted molar refractivity (Wildman–Crippen MR) is 76.6 cm³/mol. The molecule has 1 aromatic rings. The first-order valence-corrected chi connectivity index (χ1v) is 7.21. The maximum absolute atomic E-state index is 13.0. The zero-order valence-corrected chi connectivity index (χ0v) is 12.7. The van der Waals surface area contributed by atoms with E-state index in [-0.39, 0.29) is 17.8 Å². The van der Waals surface area contributed by atoms with Gasteiger partial charge >= 0.3 is 0 Å².